The summed E-state index contributed by atoms with van der Waals surface area (Å²) in [5.41, 5.74) is 2.41. The van der Waals surface area contributed by atoms with Crippen molar-refractivity contribution in [3.05, 3.63) is 51.7 Å². The molecule has 2 aromatic heterocycles. The molecule has 1 aliphatic rings. The van der Waals surface area contributed by atoms with Gasteiger partial charge in [-0.15, -0.1) is 0 Å². The number of piperidine rings is 1. The summed E-state index contributed by atoms with van der Waals surface area (Å²) in [5, 5.41) is 4.52. The molecule has 1 atom stereocenters. The summed E-state index contributed by atoms with van der Waals surface area (Å²) >= 11 is 0. The average molecular weight is 328 g/mol. The first-order chi connectivity index (χ1) is 11.5. The summed E-state index contributed by atoms with van der Waals surface area (Å²) in [6, 6.07) is 5.32. The zero-order valence-corrected chi connectivity index (χ0v) is 14.5. The molecule has 128 valence electrons. The van der Waals surface area contributed by atoms with Crippen LogP contribution < -0.4 is 5.56 Å². The monoisotopic (exact) mass is 328 g/mol. The topological polar surface area (TPSA) is 60.1 Å². The number of carbonyl (C=O) groups excluding carboxylic acids is 1. The standard InChI is InChI=1S/C18H24N4O2/c1-13-10-14(2)22(19-13)12-16-6-4-5-8-21(16)18(24)15-7-9-20(3)17(23)11-15/h7,9-11,16H,4-6,8,12H2,1-3H3/t16-/m0/s1. The van der Waals surface area contributed by atoms with Gasteiger partial charge in [0, 0.05) is 37.1 Å². The molecular formula is C18H24N4O2. The molecule has 0 radical (unpaired) electrons. The third-order valence-corrected chi connectivity index (χ3v) is 4.73. The third kappa shape index (κ3) is 3.27. The van der Waals surface area contributed by atoms with Crippen molar-refractivity contribution < 1.29 is 4.79 Å². The summed E-state index contributed by atoms with van der Waals surface area (Å²) < 4.78 is 3.45. The van der Waals surface area contributed by atoms with Crippen LogP contribution in [-0.4, -0.2) is 37.7 Å². The Morgan fingerprint density at radius 3 is 2.75 bits per heavy atom. The van der Waals surface area contributed by atoms with Crippen LogP contribution in [0.5, 0.6) is 0 Å². The first-order valence-electron chi connectivity index (χ1n) is 8.44. The molecule has 1 aliphatic heterocycles. The van der Waals surface area contributed by atoms with E-state index in [0.717, 1.165) is 37.2 Å². The van der Waals surface area contributed by atoms with Crippen LogP contribution in [0.25, 0.3) is 0 Å². The van der Waals surface area contributed by atoms with Gasteiger partial charge >= 0.3 is 0 Å². The number of aromatic nitrogens is 3. The maximum absolute atomic E-state index is 12.9. The quantitative estimate of drug-likeness (QED) is 0.864. The van der Waals surface area contributed by atoms with Crippen LogP contribution in [0.4, 0.5) is 0 Å². The van der Waals surface area contributed by atoms with Crippen LogP contribution >= 0.6 is 0 Å². The number of rotatable bonds is 3. The predicted molar refractivity (Wildman–Crippen MR) is 92.1 cm³/mol. The highest BCUT2D eigenvalue weighted by Gasteiger charge is 2.28. The molecule has 3 heterocycles. The molecule has 3 rings (SSSR count). The van der Waals surface area contributed by atoms with E-state index in [4.69, 9.17) is 0 Å². The summed E-state index contributed by atoms with van der Waals surface area (Å²) in [7, 11) is 1.68. The van der Waals surface area contributed by atoms with E-state index in [0.29, 0.717) is 12.1 Å². The van der Waals surface area contributed by atoms with E-state index in [1.807, 2.05) is 23.4 Å². The van der Waals surface area contributed by atoms with Crippen molar-refractivity contribution in [3.8, 4) is 0 Å². The van der Waals surface area contributed by atoms with E-state index in [-0.39, 0.29) is 17.5 Å². The number of pyridine rings is 1. The minimum Gasteiger partial charge on any atom is -0.334 e. The maximum Gasteiger partial charge on any atom is 0.254 e. The number of carbonyl (C=O) groups is 1. The minimum atomic E-state index is -0.159. The highest BCUT2D eigenvalue weighted by molar-refractivity contribution is 5.94. The van der Waals surface area contributed by atoms with Crippen molar-refractivity contribution in [1.82, 2.24) is 19.2 Å². The highest BCUT2D eigenvalue weighted by Crippen LogP contribution is 2.21. The highest BCUT2D eigenvalue weighted by atomic mass is 16.2. The molecule has 0 aliphatic carbocycles. The van der Waals surface area contributed by atoms with Crippen molar-refractivity contribution in [2.45, 2.75) is 45.7 Å². The van der Waals surface area contributed by atoms with Crippen molar-refractivity contribution in [1.29, 1.82) is 0 Å². The number of nitrogens with zero attached hydrogens (tertiary/aromatic N) is 4. The number of hydrogen-bond donors (Lipinski definition) is 0. The Hall–Kier alpha value is -2.37. The Balaban J connectivity index is 1.83. The lowest BCUT2D eigenvalue weighted by Gasteiger charge is -2.36. The fourth-order valence-electron chi connectivity index (χ4n) is 3.36. The van der Waals surface area contributed by atoms with Crippen molar-refractivity contribution in [3.63, 3.8) is 0 Å². The lowest BCUT2D eigenvalue weighted by atomic mass is 10.0. The van der Waals surface area contributed by atoms with Crippen LogP contribution in [0.2, 0.25) is 0 Å². The summed E-state index contributed by atoms with van der Waals surface area (Å²) in [5.74, 6) is -0.0565. The van der Waals surface area contributed by atoms with Crippen LogP contribution in [0.1, 0.15) is 41.0 Å². The predicted octanol–water partition coefficient (Wildman–Crippen LogP) is 1.89. The molecule has 0 aromatic carbocycles. The second-order valence-corrected chi connectivity index (χ2v) is 6.62. The van der Waals surface area contributed by atoms with Crippen LogP contribution in [0.3, 0.4) is 0 Å². The number of hydrogen-bond acceptors (Lipinski definition) is 3. The van der Waals surface area contributed by atoms with E-state index >= 15 is 0 Å². The summed E-state index contributed by atoms with van der Waals surface area (Å²) in [4.78, 5) is 26.6. The van der Waals surface area contributed by atoms with Gasteiger partial charge in [0.25, 0.3) is 11.5 Å². The van der Waals surface area contributed by atoms with Crippen LogP contribution in [0.15, 0.2) is 29.2 Å². The van der Waals surface area contributed by atoms with Crippen LogP contribution in [0, 0.1) is 13.8 Å². The van der Waals surface area contributed by atoms with Gasteiger partial charge in [-0.25, -0.2) is 0 Å². The zero-order chi connectivity index (χ0) is 17.3. The fraction of sp³-hybridized carbons (Fsp3) is 0.500. The van der Waals surface area contributed by atoms with Crippen LogP contribution in [-0.2, 0) is 13.6 Å². The molecule has 0 N–H and O–H groups in total. The zero-order valence-electron chi connectivity index (χ0n) is 14.5. The summed E-state index contributed by atoms with van der Waals surface area (Å²) in [6.45, 7) is 5.46. The Morgan fingerprint density at radius 2 is 2.08 bits per heavy atom. The first kappa shape index (κ1) is 16.5. The van der Waals surface area contributed by atoms with E-state index in [2.05, 4.69) is 11.2 Å². The molecule has 0 saturated carbocycles. The van der Waals surface area contributed by atoms with E-state index in [9.17, 15) is 9.59 Å². The average Bonchev–Trinajstić information content (AvgIpc) is 2.87. The second-order valence-electron chi connectivity index (χ2n) is 6.62. The van der Waals surface area contributed by atoms with Gasteiger partial charge in [-0.1, -0.05) is 0 Å². The normalized spacial score (nSPS) is 18.0. The van der Waals surface area contributed by atoms with Gasteiger partial charge in [0.15, 0.2) is 0 Å². The molecule has 0 spiro atoms. The molecule has 6 nitrogen and oxygen atoms in total. The maximum atomic E-state index is 12.9. The summed E-state index contributed by atoms with van der Waals surface area (Å²) in [6.07, 6.45) is 4.74. The Morgan fingerprint density at radius 1 is 1.29 bits per heavy atom. The van der Waals surface area contributed by atoms with Gasteiger partial charge in [0.1, 0.15) is 0 Å². The first-order valence-corrected chi connectivity index (χ1v) is 8.44. The SMILES string of the molecule is Cc1cc(C)n(C[C@@H]2CCCCN2C(=O)c2ccn(C)c(=O)c2)n1. The largest absolute Gasteiger partial charge is 0.334 e. The molecule has 6 heteroatoms. The number of amides is 1. The van der Waals surface area contributed by atoms with Gasteiger partial charge in [0.2, 0.25) is 0 Å². The van der Waals surface area contributed by atoms with Crippen molar-refractivity contribution in [2.24, 2.45) is 7.05 Å². The minimum absolute atomic E-state index is 0.0565. The van der Waals surface area contributed by atoms with Gasteiger partial charge in [-0.3, -0.25) is 14.3 Å². The molecule has 0 bridgehead atoms. The second kappa shape index (κ2) is 6.63. The molecule has 24 heavy (non-hydrogen) atoms. The van der Waals surface area contributed by atoms with Crippen molar-refractivity contribution in [2.75, 3.05) is 6.54 Å². The molecular weight excluding hydrogens is 304 g/mol. The molecule has 1 fully saturated rings. The third-order valence-electron chi connectivity index (χ3n) is 4.73. The van der Waals surface area contributed by atoms with E-state index in [1.165, 1.54) is 10.6 Å². The van der Waals surface area contributed by atoms with Crippen molar-refractivity contribution >= 4 is 5.91 Å². The molecule has 2 aromatic rings. The van der Waals surface area contributed by atoms with Gasteiger partial charge in [-0.2, -0.15) is 5.10 Å². The Bertz CT molecular complexity index is 806. The van der Waals surface area contributed by atoms with Gasteiger partial charge in [0.05, 0.1) is 18.3 Å². The molecule has 0 unspecified atom stereocenters. The Labute approximate surface area is 141 Å². The smallest absolute Gasteiger partial charge is 0.254 e. The molecule has 1 amide bonds. The Kier molecular flexibility index (Phi) is 4.55. The van der Waals surface area contributed by atoms with E-state index < -0.39 is 0 Å². The molecule has 1 saturated heterocycles. The van der Waals surface area contributed by atoms with E-state index in [1.54, 1.807) is 19.3 Å². The lowest BCUT2D eigenvalue weighted by molar-refractivity contribution is 0.0582. The van der Waals surface area contributed by atoms with Gasteiger partial charge < -0.3 is 9.47 Å². The number of aryl methyl sites for hydroxylation is 3. The fourth-order valence-corrected chi connectivity index (χ4v) is 3.36. The number of likely N-dealkylation sites (tertiary alicyclic amines) is 1. The lowest BCUT2D eigenvalue weighted by Crippen LogP contribution is -2.46. The van der Waals surface area contributed by atoms with Gasteiger partial charge in [-0.05, 0) is 45.2 Å².